The lowest BCUT2D eigenvalue weighted by Gasteiger charge is -2.15. The van der Waals surface area contributed by atoms with E-state index >= 15 is 0 Å². The van der Waals surface area contributed by atoms with Gasteiger partial charge in [0.15, 0.2) is 11.5 Å². The molecule has 0 fully saturated rings. The third-order valence-electron chi connectivity index (χ3n) is 3.33. The lowest BCUT2D eigenvalue weighted by molar-refractivity contribution is 0.0598. The van der Waals surface area contributed by atoms with Crippen LogP contribution < -0.4 is 4.74 Å². The number of hydrogen-bond donors (Lipinski definition) is 3. The summed E-state index contributed by atoms with van der Waals surface area (Å²) in [5, 5.41) is 29.3. The average Bonchev–Trinajstić information content (AvgIpc) is 2.49. The fourth-order valence-corrected chi connectivity index (χ4v) is 2.22. The van der Waals surface area contributed by atoms with Crippen molar-refractivity contribution in [3.05, 3.63) is 35.4 Å². The summed E-state index contributed by atoms with van der Waals surface area (Å²) in [6.45, 7) is 1.70. The van der Waals surface area contributed by atoms with Crippen LogP contribution in [0.4, 0.5) is 0 Å². The zero-order valence-corrected chi connectivity index (χ0v) is 12.4. The first kappa shape index (κ1) is 15.5. The van der Waals surface area contributed by atoms with Crippen molar-refractivity contribution in [3.63, 3.8) is 0 Å². The first-order valence-electron chi connectivity index (χ1n) is 6.41. The number of esters is 1. The topological polar surface area (TPSA) is 96.2 Å². The Morgan fingerprint density at radius 3 is 2.14 bits per heavy atom. The molecule has 3 N–H and O–H groups in total. The van der Waals surface area contributed by atoms with Gasteiger partial charge in [-0.3, -0.25) is 0 Å². The van der Waals surface area contributed by atoms with Gasteiger partial charge in [0.2, 0.25) is 0 Å². The normalized spacial score (nSPS) is 10.3. The molecule has 0 saturated carbocycles. The number of ether oxygens (including phenoxy) is 2. The van der Waals surface area contributed by atoms with E-state index in [9.17, 15) is 20.1 Å². The second-order valence-electron chi connectivity index (χ2n) is 4.72. The lowest BCUT2D eigenvalue weighted by Crippen LogP contribution is -2.05. The van der Waals surface area contributed by atoms with Crippen molar-refractivity contribution in [3.8, 4) is 34.1 Å². The van der Waals surface area contributed by atoms with Gasteiger partial charge in [-0.25, -0.2) is 4.79 Å². The quantitative estimate of drug-likeness (QED) is 0.596. The molecule has 0 saturated heterocycles. The van der Waals surface area contributed by atoms with Gasteiger partial charge in [-0.05, 0) is 36.2 Å². The molecule has 0 atom stereocenters. The van der Waals surface area contributed by atoms with Crippen LogP contribution in [0.2, 0.25) is 0 Å². The molecule has 2 rings (SSSR count). The molecule has 0 radical (unpaired) electrons. The highest BCUT2D eigenvalue weighted by atomic mass is 16.5. The largest absolute Gasteiger partial charge is 0.507 e. The minimum atomic E-state index is -0.720. The number of methoxy groups -OCH3 is 2. The Balaban J connectivity index is 2.80. The summed E-state index contributed by atoms with van der Waals surface area (Å²) in [4.78, 5) is 12.0. The fourth-order valence-electron chi connectivity index (χ4n) is 2.22. The van der Waals surface area contributed by atoms with E-state index in [1.54, 1.807) is 13.0 Å². The van der Waals surface area contributed by atoms with Gasteiger partial charge in [0, 0.05) is 11.6 Å². The van der Waals surface area contributed by atoms with E-state index in [-0.39, 0.29) is 22.8 Å². The minimum absolute atomic E-state index is 0.0449. The molecule has 0 unspecified atom stereocenters. The zero-order chi connectivity index (χ0) is 16.4. The Morgan fingerprint density at radius 1 is 0.909 bits per heavy atom. The van der Waals surface area contributed by atoms with E-state index < -0.39 is 5.97 Å². The maximum absolute atomic E-state index is 12.0. The van der Waals surface area contributed by atoms with Gasteiger partial charge >= 0.3 is 5.97 Å². The van der Waals surface area contributed by atoms with Crippen LogP contribution >= 0.6 is 0 Å². The standard InChI is InChI=1S/C16H16O6/c1-8-4-12(17)13(18)7-10(8)11-5-9(21-2)6-14(19)15(11)16(20)22-3/h4-7,17-19H,1-3H3. The van der Waals surface area contributed by atoms with E-state index in [0.29, 0.717) is 22.4 Å². The van der Waals surface area contributed by atoms with Gasteiger partial charge in [-0.15, -0.1) is 0 Å². The summed E-state index contributed by atoms with van der Waals surface area (Å²) >= 11 is 0. The van der Waals surface area contributed by atoms with Gasteiger partial charge in [0.05, 0.1) is 14.2 Å². The van der Waals surface area contributed by atoms with Crippen LogP contribution in [0.3, 0.4) is 0 Å². The smallest absolute Gasteiger partial charge is 0.342 e. The van der Waals surface area contributed by atoms with Gasteiger partial charge in [-0.2, -0.15) is 0 Å². The number of phenolic OH excluding ortho intramolecular Hbond substituents is 3. The summed E-state index contributed by atoms with van der Waals surface area (Å²) in [5.41, 5.74) is 1.35. The predicted octanol–water partition coefficient (Wildman–Crippen LogP) is 2.57. The highest BCUT2D eigenvalue weighted by molar-refractivity contribution is 6.01. The summed E-state index contributed by atoms with van der Waals surface area (Å²) < 4.78 is 9.79. The summed E-state index contributed by atoms with van der Waals surface area (Å²) in [7, 11) is 2.63. The molecule has 0 aliphatic heterocycles. The van der Waals surface area contributed by atoms with E-state index in [4.69, 9.17) is 9.47 Å². The molecular weight excluding hydrogens is 288 g/mol. The number of aromatic hydroxyl groups is 3. The second kappa shape index (κ2) is 5.85. The van der Waals surface area contributed by atoms with Crippen molar-refractivity contribution in [1.29, 1.82) is 0 Å². The second-order valence-corrected chi connectivity index (χ2v) is 4.72. The maximum Gasteiger partial charge on any atom is 0.342 e. The van der Waals surface area contributed by atoms with Crippen molar-refractivity contribution in [2.24, 2.45) is 0 Å². The third-order valence-corrected chi connectivity index (χ3v) is 3.33. The molecule has 2 aromatic carbocycles. The molecule has 6 nitrogen and oxygen atoms in total. The highest BCUT2D eigenvalue weighted by Crippen LogP contribution is 2.40. The van der Waals surface area contributed by atoms with E-state index in [1.165, 1.54) is 32.4 Å². The molecule has 2 aromatic rings. The molecular formula is C16H16O6. The SMILES string of the molecule is COC(=O)c1c(O)cc(OC)cc1-c1cc(O)c(O)cc1C. The Kier molecular flexibility index (Phi) is 4.12. The Morgan fingerprint density at radius 2 is 1.55 bits per heavy atom. The molecule has 0 aliphatic rings. The van der Waals surface area contributed by atoms with Gasteiger partial charge < -0.3 is 24.8 Å². The first-order valence-corrected chi connectivity index (χ1v) is 6.41. The molecule has 0 aliphatic carbocycles. The number of phenols is 3. The van der Waals surface area contributed by atoms with Crippen LogP contribution in [0, 0.1) is 6.92 Å². The Labute approximate surface area is 127 Å². The van der Waals surface area contributed by atoms with E-state index in [2.05, 4.69) is 0 Å². The fraction of sp³-hybridized carbons (Fsp3) is 0.188. The molecule has 22 heavy (non-hydrogen) atoms. The summed E-state index contributed by atoms with van der Waals surface area (Å²) in [6.07, 6.45) is 0. The molecule has 0 spiro atoms. The van der Waals surface area contributed by atoms with Crippen molar-refractivity contribution >= 4 is 5.97 Å². The minimum Gasteiger partial charge on any atom is -0.507 e. The Hall–Kier alpha value is -2.89. The number of benzene rings is 2. The van der Waals surface area contributed by atoms with Crippen LogP contribution in [0.5, 0.6) is 23.0 Å². The molecule has 116 valence electrons. The van der Waals surface area contributed by atoms with Crippen LogP contribution in [0.15, 0.2) is 24.3 Å². The maximum atomic E-state index is 12.0. The lowest BCUT2D eigenvalue weighted by atomic mass is 9.94. The van der Waals surface area contributed by atoms with Crippen LogP contribution in [-0.4, -0.2) is 35.5 Å². The third kappa shape index (κ3) is 2.63. The monoisotopic (exact) mass is 304 g/mol. The molecule has 0 aromatic heterocycles. The van der Waals surface area contributed by atoms with Crippen molar-refractivity contribution in [1.82, 2.24) is 0 Å². The van der Waals surface area contributed by atoms with Gasteiger partial charge in [0.25, 0.3) is 0 Å². The molecule has 0 amide bonds. The molecule has 0 bridgehead atoms. The zero-order valence-electron chi connectivity index (χ0n) is 12.4. The van der Waals surface area contributed by atoms with Crippen molar-refractivity contribution in [2.75, 3.05) is 14.2 Å². The van der Waals surface area contributed by atoms with Crippen LogP contribution in [-0.2, 0) is 4.74 Å². The van der Waals surface area contributed by atoms with Gasteiger partial charge in [0.1, 0.15) is 17.1 Å². The number of rotatable bonds is 3. The Bertz CT molecular complexity index is 736. The average molecular weight is 304 g/mol. The van der Waals surface area contributed by atoms with E-state index in [0.717, 1.165) is 0 Å². The van der Waals surface area contributed by atoms with Crippen LogP contribution in [0.25, 0.3) is 11.1 Å². The molecule has 0 heterocycles. The highest BCUT2D eigenvalue weighted by Gasteiger charge is 2.22. The first-order chi connectivity index (χ1) is 10.4. The number of carbonyl (C=O) groups excluding carboxylic acids is 1. The number of aryl methyl sites for hydroxylation is 1. The summed E-state index contributed by atoms with van der Waals surface area (Å²) in [5.74, 6) is -1.28. The van der Waals surface area contributed by atoms with Crippen molar-refractivity contribution < 1.29 is 29.6 Å². The number of hydrogen-bond acceptors (Lipinski definition) is 6. The summed E-state index contributed by atoms with van der Waals surface area (Å²) in [6, 6.07) is 5.52. The van der Waals surface area contributed by atoms with Gasteiger partial charge in [-0.1, -0.05) is 0 Å². The van der Waals surface area contributed by atoms with Crippen LogP contribution in [0.1, 0.15) is 15.9 Å². The predicted molar refractivity (Wildman–Crippen MR) is 79.5 cm³/mol. The van der Waals surface area contributed by atoms with E-state index in [1.807, 2.05) is 0 Å². The number of carbonyl (C=O) groups is 1. The van der Waals surface area contributed by atoms with Crippen molar-refractivity contribution in [2.45, 2.75) is 6.92 Å². The molecule has 6 heteroatoms.